The summed E-state index contributed by atoms with van der Waals surface area (Å²) in [7, 11) is 2.54. The Morgan fingerprint density at radius 2 is 1.31 bits per heavy atom. The number of nitrogens with one attached hydrogen (secondary N) is 1. The molecule has 2 aromatic rings. The molecule has 0 fully saturated rings. The van der Waals surface area contributed by atoms with Crippen molar-refractivity contribution in [2.24, 2.45) is 0 Å². The number of hydrogen-bond acceptors (Lipinski definition) is 6. The number of anilines is 1. The summed E-state index contributed by atoms with van der Waals surface area (Å²) in [4.78, 5) is 0. The van der Waals surface area contributed by atoms with E-state index in [0.717, 1.165) is 29.5 Å². The van der Waals surface area contributed by atoms with Crippen molar-refractivity contribution in [3.05, 3.63) is 40.5 Å². The standard InChI is InChI=1S/C26H34ClNO6S/c1-24(2)12-26(16-10-19(32-6)18(31-5)9-15(16)24)13-25(3,4)21-17(26)11-20(33-7)23(34-8)22(21)28-35(29,30)14-27/h9-11,28H,12-14H2,1-8H3. The Morgan fingerprint density at radius 3 is 1.83 bits per heavy atom. The molecule has 0 bridgehead atoms. The van der Waals surface area contributed by atoms with Gasteiger partial charge in [0.1, 0.15) is 5.21 Å². The molecule has 0 saturated carbocycles. The fourth-order valence-corrected chi connectivity index (χ4v) is 7.19. The van der Waals surface area contributed by atoms with Gasteiger partial charge in [0, 0.05) is 5.41 Å². The van der Waals surface area contributed by atoms with E-state index in [-0.39, 0.29) is 10.8 Å². The van der Waals surface area contributed by atoms with E-state index in [1.807, 2.05) is 6.07 Å². The van der Waals surface area contributed by atoms with Crippen molar-refractivity contribution in [2.75, 3.05) is 38.4 Å². The quantitative estimate of drug-likeness (QED) is 0.495. The molecule has 2 aromatic carbocycles. The van der Waals surface area contributed by atoms with Crippen LogP contribution in [0.1, 0.15) is 62.8 Å². The maximum Gasteiger partial charge on any atom is 0.246 e. The smallest absolute Gasteiger partial charge is 0.246 e. The van der Waals surface area contributed by atoms with Crippen LogP contribution in [0.25, 0.3) is 0 Å². The lowest BCUT2D eigenvalue weighted by atomic mass is 9.72. The van der Waals surface area contributed by atoms with Crippen molar-refractivity contribution in [3.8, 4) is 23.0 Å². The fraction of sp³-hybridized carbons (Fsp3) is 0.538. The number of sulfonamides is 1. The van der Waals surface area contributed by atoms with Crippen molar-refractivity contribution >= 4 is 27.3 Å². The van der Waals surface area contributed by atoms with E-state index >= 15 is 0 Å². The number of fused-ring (bicyclic) bond motifs is 4. The predicted octanol–water partition coefficient (Wildman–Crippen LogP) is 5.31. The summed E-state index contributed by atoms with van der Waals surface area (Å²) in [6.07, 6.45) is 1.60. The molecule has 2 aliphatic carbocycles. The topological polar surface area (TPSA) is 83.1 Å². The van der Waals surface area contributed by atoms with E-state index in [1.54, 1.807) is 21.3 Å². The van der Waals surface area contributed by atoms with Crippen LogP contribution in [0.3, 0.4) is 0 Å². The molecule has 0 aromatic heterocycles. The van der Waals surface area contributed by atoms with Crippen LogP contribution in [-0.2, 0) is 26.3 Å². The summed E-state index contributed by atoms with van der Waals surface area (Å²) in [6, 6.07) is 6.16. The highest BCUT2D eigenvalue weighted by molar-refractivity contribution is 7.93. The molecule has 0 heterocycles. The molecular formula is C26H34ClNO6S. The first-order valence-corrected chi connectivity index (χ1v) is 13.6. The maximum absolute atomic E-state index is 12.6. The maximum atomic E-state index is 12.6. The third kappa shape index (κ3) is 3.80. The fourth-order valence-electron chi connectivity index (χ4n) is 6.47. The van der Waals surface area contributed by atoms with E-state index < -0.39 is 20.7 Å². The summed E-state index contributed by atoms with van der Waals surface area (Å²) < 4.78 is 50.7. The highest BCUT2D eigenvalue weighted by Crippen LogP contribution is 2.66. The molecule has 192 valence electrons. The molecule has 0 amide bonds. The van der Waals surface area contributed by atoms with Gasteiger partial charge in [-0.1, -0.05) is 27.7 Å². The van der Waals surface area contributed by atoms with Gasteiger partial charge in [-0.15, -0.1) is 11.6 Å². The van der Waals surface area contributed by atoms with Crippen molar-refractivity contribution in [1.29, 1.82) is 0 Å². The lowest BCUT2D eigenvalue weighted by Gasteiger charge is -2.30. The number of hydrogen-bond donors (Lipinski definition) is 1. The van der Waals surface area contributed by atoms with E-state index in [9.17, 15) is 8.42 Å². The summed E-state index contributed by atoms with van der Waals surface area (Å²) in [5.74, 6) is 2.16. The first-order chi connectivity index (χ1) is 16.3. The second-order valence-electron chi connectivity index (χ2n) is 10.7. The minimum absolute atomic E-state index is 0.157. The van der Waals surface area contributed by atoms with Gasteiger partial charge in [-0.3, -0.25) is 4.72 Å². The second-order valence-corrected chi connectivity index (χ2v) is 13.0. The summed E-state index contributed by atoms with van der Waals surface area (Å²) in [5, 5.41) is -0.569. The third-order valence-electron chi connectivity index (χ3n) is 7.52. The Kier molecular flexibility index (Phi) is 6.16. The van der Waals surface area contributed by atoms with Gasteiger partial charge in [0.2, 0.25) is 10.0 Å². The van der Waals surface area contributed by atoms with Crippen molar-refractivity contribution < 1.29 is 27.4 Å². The molecule has 9 heteroatoms. The summed E-state index contributed by atoms with van der Waals surface area (Å²) in [6.45, 7) is 8.73. The third-order valence-corrected chi connectivity index (χ3v) is 9.18. The van der Waals surface area contributed by atoms with Gasteiger partial charge in [0.25, 0.3) is 0 Å². The van der Waals surface area contributed by atoms with E-state index in [2.05, 4.69) is 44.5 Å². The lowest BCUT2D eigenvalue weighted by molar-refractivity contribution is 0.346. The zero-order valence-electron chi connectivity index (χ0n) is 21.6. The number of ether oxygens (including phenoxy) is 4. The molecule has 7 nitrogen and oxygen atoms in total. The van der Waals surface area contributed by atoms with Crippen LogP contribution >= 0.6 is 11.6 Å². The molecule has 1 spiro atoms. The van der Waals surface area contributed by atoms with Crippen LogP contribution in [0.15, 0.2) is 18.2 Å². The monoisotopic (exact) mass is 523 g/mol. The molecule has 2 aliphatic rings. The highest BCUT2D eigenvalue weighted by atomic mass is 35.5. The Labute approximate surface area is 213 Å². The highest BCUT2D eigenvalue weighted by Gasteiger charge is 2.58. The first kappa shape index (κ1) is 25.8. The lowest BCUT2D eigenvalue weighted by Crippen LogP contribution is -2.27. The van der Waals surface area contributed by atoms with Gasteiger partial charge in [0.15, 0.2) is 23.0 Å². The van der Waals surface area contributed by atoms with Crippen LogP contribution < -0.4 is 23.7 Å². The van der Waals surface area contributed by atoms with Crippen molar-refractivity contribution in [3.63, 3.8) is 0 Å². The summed E-state index contributed by atoms with van der Waals surface area (Å²) >= 11 is 5.77. The zero-order valence-corrected chi connectivity index (χ0v) is 23.2. The average molecular weight is 524 g/mol. The average Bonchev–Trinajstić information content (AvgIpc) is 3.16. The number of alkyl halides is 1. The Hall–Kier alpha value is -2.32. The zero-order chi connectivity index (χ0) is 26.0. The van der Waals surface area contributed by atoms with E-state index in [4.69, 9.17) is 30.5 Å². The first-order valence-electron chi connectivity index (χ1n) is 11.4. The van der Waals surface area contributed by atoms with Crippen LogP contribution in [0.4, 0.5) is 5.69 Å². The van der Waals surface area contributed by atoms with Gasteiger partial charge in [-0.25, -0.2) is 8.42 Å². The largest absolute Gasteiger partial charge is 0.493 e. The van der Waals surface area contributed by atoms with E-state index in [0.29, 0.717) is 28.7 Å². The Bertz CT molecular complexity index is 1290. The van der Waals surface area contributed by atoms with E-state index in [1.165, 1.54) is 12.7 Å². The van der Waals surface area contributed by atoms with Gasteiger partial charge in [-0.05, 0) is 64.1 Å². The van der Waals surface area contributed by atoms with Crippen LogP contribution in [0.5, 0.6) is 23.0 Å². The minimum Gasteiger partial charge on any atom is -0.493 e. The molecule has 1 N–H and O–H groups in total. The molecular weight excluding hydrogens is 490 g/mol. The number of rotatable bonds is 7. The number of halogens is 1. The minimum atomic E-state index is -3.80. The number of benzene rings is 2. The Morgan fingerprint density at radius 1 is 0.800 bits per heavy atom. The van der Waals surface area contributed by atoms with Crippen LogP contribution in [0.2, 0.25) is 0 Å². The number of methoxy groups -OCH3 is 4. The molecule has 35 heavy (non-hydrogen) atoms. The summed E-state index contributed by atoms with van der Waals surface area (Å²) in [5.41, 5.74) is 3.71. The Balaban J connectivity index is 2.11. The normalized spacial score (nSPS) is 21.4. The van der Waals surface area contributed by atoms with Crippen LogP contribution in [-0.4, -0.2) is 42.1 Å². The van der Waals surface area contributed by atoms with Gasteiger partial charge in [0.05, 0.1) is 34.1 Å². The molecule has 0 aliphatic heterocycles. The molecule has 4 rings (SSSR count). The predicted molar refractivity (Wildman–Crippen MR) is 138 cm³/mol. The van der Waals surface area contributed by atoms with Gasteiger partial charge < -0.3 is 18.9 Å². The molecule has 0 saturated heterocycles. The molecule has 0 radical (unpaired) electrons. The molecule has 1 atom stereocenters. The second kappa shape index (κ2) is 8.37. The van der Waals surface area contributed by atoms with Gasteiger partial charge >= 0.3 is 0 Å². The SMILES string of the molecule is COc1cc2c(cc1OC)C1(CC2(C)C)CC(C)(C)c2c1cc(OC)c(OC)c2NS(=O)(=O)CCl. The molecule has 1 unspecified atom stereocenters. The van der Waals surface area contributed by atoms with Gasteiger partial charge in [-0.2, -0.15) is 0 Å². The van der Waals surface area contributed by atoms with Crippen LogP contribution in [0, 0.1) is 0 Å². The van der Waals surface area contributed by atoms with Crippen molar-refractivity contribution in [2.45, 2.75) is 56.8 Å². The van der Waals surface area contributed by atoms with Crippen molar-refractivity contribution in [1.82, 2.24) is 0 Å².